The summed E-state index contributed by atoms with van der Waals surface area (Å²) in [4.78, 5) is 8.68. The average molecular weight is 331 g/mol. The van der Waals surface area contributed by atoms with Gasteiger partial charge in [0.15, 0.2) is 5.65 Å². The summed E-state index contributed by atoms with van der Waals surface area (Å²) in [6, 6.07) is 17.4. The van der Waals surface area contributed by atoms with Crippen molar-refractivity contribution in [2.75, 3.05) is 11.9 Å². The van der Waals surface area contributed by atoms with E-state index in [2.05, 4.69) is 20.4 Å². The maximum absolute atomic E-state index is 10.3. The Morgan fingerprint density at radius 1 is 1.04 bits per heavy atom. The van der Waals surface area contributed by atoms with E-state index in [4.69, 9.17) is 0 Å². The van der Waals surface area contributed by atoms with E-state index in [0.29, 0.717) is 6.54 Å². The molecule has 0 unspecified atom stereocenters. The number of anilines is 1. The van der Waals surface area contributed by atoms with E-state index in [1.54, 1.807) is 23.1 Å². The van der Waals surface area contributed by atoms with Crippen LogP contribution in [0.15, 0.2) is 73.2 Å². The fourth-order valence-electron chi connectivity index (χ4n) is 2.69. The van der Waals surface area contributed by atoms with Crippen LogP contribution in [0.4, 0.5) is 5.82 Å². The van der Waals surface area contributed by atoms with E-state index in [9.17, 15) is 5.11 Å². The molecule has 2 N–H and O–H groups in total. The lowest BCUT2D eigenvalue weighted by Gasteiger charge is -2.14. The van der Waals surface area contributed by atoms with Gasteiger partial charge >= 0.3 is 0 Å². The monoisotopic (exact) mass is 331 g/mol. The van der Waals surface area contributed by atoms with Crippen molar-refractivity contribution in [3.63, 3.8) is 0 Å². The molecule has 25 heavy (non-hydrogen) atoms. The van der Waals surface area contributed by atoms with Gasteiger partial charge in [-0.25, -0.2) is 4.98 Å². The van der Waals surface area contributed by atoms with Gasteiger partial charge in [-0.3, -0.25) is 4.98 Å². The number of aromatic nitrogens is 4. The lowest BCUT2D eigenvalue weighted by Crippen LogP contribution is -2.15. The van der Waals surface area contributed by atoms with E-state index in [-0.39, 0.29) is 0 Å². The predicted molar refractivity (Wildman–Crippen MR) is 96.1 cm³/mol. The normalized spacial score (nSPS) is 12.2. The molecule has 1 aromatic carbocycles. The first-order valence-corrected chi connectivity index (χ1v) is 8.03. The summed E-state index contributed by atoms with van der Waals surface area (Å²) in [6.07, 6.45) is 4.40. The summed E-state index contributed by atoms with van der Waals surface area (Å²) >= 11 is 0. The molecule has 6 heteroatoms. The van der Waals surface area contributed by atoms with E-state index < -0.39 is 6.10 Å². The van der Waals surface area contributed by atoms with Crippen molar-refractivity contribution >= 4 is 11.5 Å². The Labute approximate surface area is 144 Å². The molecule has 6 nitrogen and oxygen atoms in total. The minimum Gasteiger partial charge on any atom is -0.387 e. The number of nitrogens with zero attached hydrogens (tertiary/aromatic N) is 4. The number of hydrogen-bond donors (Lipinski definition) is 2. The summed E-state index contributed by atoms with van der Waals surface area (Å²) in [5.41, 5.74) is 3.40. The third kappa shape index (κ3) is 3.20. The molecular formula is C19H17N5O. The summed E-state index contributed by atoms with van der Waals surface area (Å²) in [7, 11) is 0. The molecule has 0 saturated carbocycles. The van der Waals surface area contributed by atoms with Gasteiger partial charge in [0, 0.05) is 42.2 Å². The molecule has 3 heterocycles. The van der Waals surface area contributed by atoms with E-state index in [1.807, 2.05) is 54.6 Å². The molecule has 124 valence electrons. The maximum atomic E-state index is 10.3. The average Bonchev–Trinajstić information content (AvgIpc) is 3.16. The number of rotatable bonds is 5. The lowest BCUT2D eigenvalue weighted by atomic mass is 10.1. The van der Waals surface area contributed by atoms with Gasteiger partial charge in [-0.05, 0) is 6.07 Å². The second-order valence-corrected chi connectivity index (χ2v) is 5.68. The van der Waals surface area contributed by atoms with Crippen LogP contribution in [0.3, 0.4) is 0 Å². The third-order valence-corrected chi connectivity index (χ3v) is 3.97. The molecule has 0 bridgehead atoms. The van der Waals surface area contributed by atoms with Crippen LogP contribution in [0.2, 0.25) is 0 Å². The third-order valence-electron chi connectivity index (χ3n) is 3.97. The molecular weight excluding hydrogens is 314 g/mol. The highest BCUT2D eigenvalue weighted by Gasteiger charge is 2.11. The fraction of sp³-hybridized carbons (Fsp3) is 0.105. The first kappa shape index (κ1) is 15.3. The Hall–Kier alpha value is -3.25. The molecule has 0 saturated heterocycles. The van der Waals surface area contributed by atoms with E-state index in [1.165, 1.54) is 0 Å². The van der Waals surface area contributed by atoms with E-state index >= 15 is 0 Å². The molecule has 0 aliphatic carbocycles. The van der Waals surface area contributed by atoms with Crippen LogP contribution in [-0.2, 0) is 0 Å². The largest absolute Gasteiger partial charge is 0.387 e. The first-order valence-electron chi connectivity index (χ1n) is 8.03. The number of benzene rings is 1. The molecule has 0 amide bonds. The molecule has 0 aliphatic heterocycles. The van der Waals surface area contributed by atoms with Gasteiger partial charge in [0.05, 0.1) is 18.0 Å². The van der Waals surface area contributed by atoms with Crippen LogP contribution >= 0.6 is 0 Å². The van der Waals surface area contributed by atoms with Gasteiger partial charge in [0.2, 0.25) is 0 Å². The van der Waals surface area contributed by atoms with Crippen molar-refractivity contribution in [2.24, 2.45) is 0 Å². The molecule has 0 spiro atoms. The highest BCUT2D eigenvalue weighted by molar-refractivity contribution is 5.66. The summed E-state index contributed by atoms with van der Waals surface area (Å²) in [5, 5.41) is 17.9. The van der Waals surface area contributed by atoms with Gasteiger partial charge in [-0.15, -0.1) is 0 Å². The second-order valence-electron chi connectivity index (χ2n) is 5.68. The van der Waals surface area contributed by atoms with Crippen LogP contribution in [0.5, 0.6) is 0 Å². The Morgan fingerprint density at radius 2 is 1.92 bits per heavy atom. The number of aliphatic hydroxyl groups is 1. The van der Waals surface area contributed by atoms with Crippen LogP contribution in [-0.4, -0.2) is 31.2 Å². The first-order chi connectivity index (χ1) is 12.3. The Bertz CT molecular complexity index is 969. The van der Waals surface area contributed by atoms with Crippen molar-refractivity contribution in [1.82, 2.24) is 19.6 Å². The van der Waals surface area contributed by atoms with Crippen LogP contribution in [0, 0.1) is 0 Å². The minimum absolute atomic E-state index is 0.346. The second kappa shape index (κ2) is 6.70. The molecule has 4 aromatic rings. The quantitative estimate of drug-likeness (QED) is 0.588. The predicted octanol–water partition coefficient (Wildman–Crippen LogP) is 2.94. The lowest BCUT2D eigenvalue weighted by molar-refractivity contribution is 0.191. The highest BCUT2D eigenvalue weighted by atomic mass is 16.3. The number of fused-ring (bicyclic) bond motifs is 1. The van der Waals surface area contributed by atoms with E-state index in [0.717, 1.165) is 28.3 Å². The minimum atomic E-state index is -0.660. The highest BCUT2D eigenvalue weighted by Crippen LogP contribution is 2.22. The summed E-state index contributed by atoms with van der Waals surface area (Å²) < 4.78 is 1.72. The molecule has 4 rings (SSSR count). The van der Waals surface area contributed by atoms with Crippen molar-refractivity contribution in [3.05, 3.63) is 78.8 Å². The SMILES string of the molecule is O[C@@H](CNc1cc(-c2ccccc2)nc2ccnn12)c1cccnc1. The van der Waals surface area contributed by atoms with Gasteiger partial charge < -0.3 is 10.4 Å². The number of aliphatic hydroxyl groups excluding tert-OH is 1. The van der Waals surface area contributed by atoms with Crippen LogP contribution < -0.4 is 5.32 Å². The Balaban J connectivity index is 1.63. The molecule has 3 aromatic heterocycles. The zero-order chi connectivity index (χ0) is 17.1. The number of pyridine rings is 1. The summed E-state index contributed by atoms with van der Waals surface area (Å²) in [5.74, 6) is 0.775. The van der Waals surface area contributed by atoms with Crippen molar-refractivity contribution in [1.29, 1.82) is 0 Å². The summed E-state index contributed by atoms with van der Waals surface area (Å²) in [6.45, 7) is 0.346. The standard InChI is InChI=1S/C19H17N5O/c25-17(15-7-4-9-20-12-15)13-21-19-11-16(14-5-2-1-3-6-14)23-18-8-10-22-24(18)19/h1-12,17,21,25H,13H2/t17-/m0/s1. The van der Waals surface area contributed by atoms with Crippen molar-refractivity contribution < 1.29 is 5.11 Å². The zero-order valence-corrected chi connectivity index (χ0v) is 13.4. The Kier molecular flexibility index (Phi) is 4.10. The van der Waals surface area contributed by atoms with Gasteiger partial charge in [-0.2, -0.15) is 9.61 Å². The topological polar surface area (TPSA) is 75.3 Å². The maximum Gasteiger partial charge on any atom is 0.157 e. The van der Waals surface area contributed by atoms with Gasteiger partial charge in [0.25, 0.3) is 0 Å². The van der Waals surface area contributed by atoms with Crippen molar-refractivity contribution in [3.8, 4) is 11.3 Å². The molecule has 0 fully saturated rings. The zero-order valence-electron chi connectivity index (χ0n) is 13.4. The van der Waals surface area contributed by atoms with Crippen LogP contribution in [0.25, 0.3) is 16.9 Å². The van der Waals surface area contributed by atoms with Crippen LogP contribution in [0.1, 0.15) is 11.7 Å². The van der Waals surface area contributed by atoms with Crippen molar-refractivity contribution in [2.45, 2.75) is 6.10 Å². The Morgan fingerprint density at radius 3 is 2.72 bits per heavy atom. The van der Waals surface area contributed by atoms with Gasteiger partial charge in [0.1, 0.15) is 5.82 Å². The molecule has 1 atom stereocenters. The molecule has 0 radical (unpaired) electrons. The fourth-order valence-corrected chi connectivity index (χ4v) is 2.69. The number of nitrogens with one attached hydrogen (secondary N) is 1. The number of hydrogen-bond acceptors (Lipinski definition) is 5. The smallest absolute Gasteiger partial charge is 0.157 e. The molecule has 0 aliphatic rings. The van der Waals surface area contributed by atoms with Gasteiger partial charge in [-0.1, -0.05) is 36.4 Å².